The maximum absolute atomic E-state index is 11.9. The third-order valence-electron chi connectivity index (χ3n) is 4.62. The van der Waals surface area contributed by atoms with Crippen molar-refractivity contribution in [3.05, 3.63) is 54.1 Å². The summed E-state index contributed by atoms with van der Waals surface area (Å²) >= 11 is 0. The summed E-state index contributed by atoms with van der Waals surface area (Å²) in [5, 5.41) is 0. The van der Waals surface area contributed by atoms with E-state index < -0.39 is 16.1 Å². The van der Waals surface area contributed by atoms with Gasteiger partial charge in [0.15, 0.2) is 6.61 Å². The van der Waals surface area contributed by atoms with E-state index in [1.165, 1.54) is 17.7 Å². The normalized spacial score (nSPS) is 13.0. The van der Waals surface area contributed by atoms with Gasteiger partial charge >= 0.3 is 5.97 Å². The number of rotatable bonds is 8. The lowest BCUT2D eigenvalue weighted by atomic mass is 9.74. The van der Waals surface area contributed by atoms with E-state index in [0.717, 1.165) is 25.0 Å². The molecule has 0 heterocycles. The average molecular weight is 421 g/mol. The minimum absolute atomic E-state index is 0.160. The second-order valence-electron chi connectivity index (χ2n) is 7.99. The highest BCUT2D eigenvalue weighted by Gasteiger charge is 2.25. The molecule has 0 fully saturated rings. The molecule has 158 valence electrons. The van der Waals surface area contributed by atoms with Gasteiger partial charge in [0, 0.05) is 0 Å². The smallest absolute Gasteiger partial charge is 0.349 e. The van der Waals surface area contributed by atoms with Crippen molar-refractivity contribution in [3.8, 4) is 11.5 Å². The standard InChI is InChI=1S/C22H28O6S/c1-5-6-20(22(2,3)4)16-7-9-17(10-8-16)27-15-21(23)28-18-11-13-19(14-12-18)29(24,25)26/h7-14,20H,5-6,15H2,1-4H3,(H,24,25,26). The van der Waals surface area contributed by atoms with Crippen LogP contribution in [0.15, 0.2) is 53.4 Å². The molecule has 0 saturated carbocycles. The molecule has 6 nitrogen and oxygen atoms in total. The largest absolute Gasteiger partial charge is 0.482 e. The monoisotopic (exact) mass is 420 g/mol. The first-order valence-electron chi connectivity index (χ1n) is 9.51. The van der Waals surface area contributed by atoms with Crippen molar-refractivity contribution in [3.63, 3.8) is 0 Å². The van der Waals surface area contributed by atoms with Gasteiger partial charge in [-0.3, -0.25) is 4.55 Å². The van der Waals surface area contributed by atoms with Crippen LogP contribution >= 0.6 is 0 Å². The summed E-state index contributed by atoms with van der Waals surface area (Å²) < 4.78 is 41.6. The topological polar surface area (TPSA) is 89.9 Å². The van der Waals surface area contributed by atoms with Crippen molar-refractivity contribution in [2.45, 2.75) is 51.3 Å². The Morgan fingerprint density at radius 2 is 1.55 bits per heavy atom. The van der Waals surface area contributed by atoms with Gasteiger partial charge < -0.3 is 9.47 Å². The lowest BCUT2D eigenvalue weighted by Crippen LogP contribution is -2.19. The number of benzene rings is 2. The summed E-state index contributed by atoms with van der Waals surface area (Å²) in [7, 11) is -4.28. The molecule has 1 atom stereocenters. The molecule has 0 aliphatic heterocycles. The fraction of sp³-hybridized carbons (Fsp3) is 0.409. The summed E-state index contributed by atoms with van der Waals surface area (Å²) in [6.45, 7) is 8.60. The highest BCUT2D eigenvalue weighted by atomic mass is 32.2. The minimum atomic E-state index is -4.28. The van der Waals surface area contributed by atoms with Gasteiger partial charge in [-0.2, -0.15) is 8.42 Å². The Kier molecular flexibility index (Phi) is 7.43. The van der Waals surface area contributed by atoms with Crippen LogP contribution in [0.1, 0.15) is 52.0 Å². The molecule has 2 aromatic carbocycles. The van der Waals surface area contributed by atoms with E-state index in [9.17, 15) is 13.2 Å². The number of hydrogen-bond donors (Lipinski definition) is 1. The van der Waals surface area contributed by atoms with E-state index in [-0.39, 0.29) is 22.7 Å². The summed E-state index contributed by atoms with van der Waals surface area (Å²) in [6.07, 6.45) is 2.21. The lowest BCUT2D eigenvalue weighted by molar-refractivity contribution is -0.136. The molecule has 0 aromatic heterocycles. The van der Waals surface area contributed by atoms with Crippen molar-refractivity contribution in [2.24, 2.45) is 5.41 Å². The molecule has 1 unspecified atom stereocenters. The third kappa shape index (κ3) is 6.87. The van der Waals surface area contributed by atoms with Gasteiger partial charge in [-0.05, 0) is 59.7 Å². The Morgan fingerprint density at radius 1 is 1.00 bits per heavy atom. The van der Waals surface area contributed by atoms with E-state index in [0.29, 0.717) is 11.7 Å². The summed E-state index contributed by atoms with van der Waals surface area (Å²) in [6, 6.07) is 12.6. The van der Waals surface area contributed by atoms with Crippen LogP contribution in [0, 0.1) is 5.41 Å². The molecule has 0 amide bonds. The second-order valence-corrected chi connectivity index (χ2v) is 9.41. The maximum atomic E-state index is 11.9. The summed E-state index contributed by atoms with van der Waals surface area (Å²) in [5.41, 5.74) is 1.40. The van der Waals surface area contributed by atoms with Crippen LogP contribution in [0.3, 0.4) is 0 Å². The van der Waals surface area contributed by atoms with Crippen LogP contribution in [0.2, 0.25) is 0 Å². The highest BCUT2D eigenvalue weighted by Crippen LogP contribution is 2.38. The van der Waals surface area contributed by atoms with E-state index in [4.69, 9.17) is 14.0 Å². The molecule has 1 N–H and O–H groups in total. The minimum Gasteiger partial charge on any atom is -0.482 e. The second kappa shape index (κ2) is 9.41. The van der Waals surface area contributed by atoms with Gasteiger partial charge in [-0.15, -0.1) is 0 Å². The quantitative estimate of drug-likeness (QED) is 0.373. The molecule has 7 heteroatoms. The first-order chi connectivity index (χ1) is 13.5. The molecular formula is C22H28O6S. The zero-order valence-electron chi connectivity index (χ0n) is 17.2. The molecule has 0 saturated heterocycles. The molecule has 0 spiro atoms. The first kappa shape index (κ1) is 22.9. The molecule has 2 rings (SSSR count). The maximum Gasteiger partial charge on any atom is 0.349 e. The molecule has 2 aromatic rings. The van der Waals surface area contributed by atoms with Crippen LogP contribution < -0.4 is 9.47 Å². The number of esters is 1. The molecule has 0 aliphatic rings. The van der Waals surface area contributed by atoms with Gasteiger partial charge in [-0.25, -0.2) is 4.79 Å². The molecule has 0 aliphatic carbocycles. The predicted molar refractivity (Wildman–Crippen MR) is 111 cm³/mol. The lowest BCUT2D eigenvalue weighted by Gasteiger charge is -2.31. The summed E-state index contributed by atoms with van der Waals surface area (Å²) in [5.74, 6) is 0.551. The van der Waals surface area contributed by atoms with Gasteiger partial charge in [0.05, 0.1) is 4.90 Å². The Balaban J connectivity index is 1.93. The van der Waals surface area contributed by atoms with Crippen LogP contribution in [-0.4, -0.2) is 25.5 Å². The Bertz CT molecular complexity index is 909. The summed E-state index contributed by atoms with van der Waals surface area (Å²) in [4.78, 5) is 11.7. The van der Waals surface area contributed by atoms with E-state index >= 15 is 0 Å². The fourth-order valence-electron chi connectivity index (χ4n) is 3.17. The van der Waals surface area contributed by atoms with Gasteiger partial charge in [-0.1, -0.05) is 46.2 Å². The van der Waals surface area contributed by atoms with Crippen LogP contribution in [0.25, 0.3) is 0 Å². The molecule has 29 heavy (non-hydrogen) atoms. The van der Waals surface area contributed by atoms with Crippen LogP contribution in [-0.2, 0) is 14.9 Å². The predicted octanol–water partition coefficient (Wildman–Crippen LogP) is 4.85. The van der Waals surface area contributed by atoms with Crippen molar-refractivity contribution in [2.75, 3.05) is 6.61 Å². The van der Waals surface area contributed by atoms with Crippen molar-refractivity contribution >= 4 is 16.1 Å². The van der Waals surface area contributed by atoms with Gasteiger partial charge in [0.1, 0.15) is 11.5 Å². The van der Waals surface area contributed by atoms with Crippen LogP contribution in [0.5, 0.6) is 11.5 Å². The van der Waals surface area contributed by atoms with Crippen molar-refractivity contribution in [1.82, 2.24) is 0 Å². The number of carbonyl (C=O) groups excluding carboxylic acids is 1. The van der Waals surface area contributed by atoms with Crippen molar-refractivity contribution < 1.29 is 27.2 Å². The van der Waals surface area contributed by atoms with Gasteiger partial charge in [0.2, 0.25) is 0 Å². The zero-order chi connectivity index (χ0) is 21.7. The third-order valence-corrected chi connectivity index (χ3v) is 5.48. The first-order valence-corrected chi connectivity index (χ1v) is 11.0. The molecular weight excluding hydrogens is 392 g/mol. The Labute approximate surface area is 172 Å². The zero-order valence-corrected chi connectivity index (χ0v) is 18.0. The van der Waals surface area contributed by atoms with Crippen molar-refractivity contribution in [1.29, 1.82) is 0 Å². The highest BCUT2D eigenvalue weighted by molar-refractivity contribution is 7.85. The number of ether oxygens (including phenoxy) is 2. The molecule has 0 radical (unpaired) electrons. The van der Waals surface area contributed by atoms with E-state index in [1.807, 2.05) is 24.3 Å². The van der Waals surface area contributed by atoms with E-state index in [2.05, 4.69) is 27.7 Å². The number of carbonyl (C=O) groups is 1. The van der Waals surface area contributed by atoms with E-state index in [1.54, 1.807) is 0 Å². The van der Waals surface area contributed by atoms with Crippen LogP contribution in [0.4, 0.5) is 0 Å². The van der Waals surface area contributed by atoms with Gasteiger partial charge in [0.25, 0.3) is 10.1 Å². The Hall–Kier alpha value is -2.38. The molecule has 0 bridgehead atoms. The Morgan fingerprint density at radius 3 is 2.03 bits per heavy atom. The fourth-order valence-corrected chi connectivity index (χ4v) is 3.65. The average Bonchev–Trinajstić information content (AvgIpc) is 2.64. The number of hydrogen-bond acceptors (Lipinski definition) is 5. The SMILES string of the molecule is CCCC(c1ccc(OCC(=O)Oc2ccc(S(=O)(=O)O)cc2)cc1)C(C)(C)C.